The van der Waals surface area contributed by atoms with Gasteiger partial charge in [0, 0.05) is 24.9 Å². The van der Waals surface area contributed by atoms with Gasteiger partial charge in [0.25, 0.3) is 0 Å². The first kappa shape index (κ1) is 18.3. The summed E-state index contributed by atoms with van der Waals surface area (Å²) < 4.78 is 41.4. The molecule has 0 bridgehead atoms. The average molecular weight is 408 g/mol. The second-order valence-corrected chi connectivity index (χ2v) is 6.68. The number of pyridine rings is 1. The van der Waals surface area contributed by atoms with Crippen molar-refractivity contribution in [3.63, 3.8) is 0 Å². The average Bonchev–Trinajstić information content (AvgIpc) is 3.16. The van der Waals surface area contributed by atoms with Crippen LogP contribution in [0.15, 0.2) is 47.5 Å². The predicted molar refractivity (Wildman–Crippen MR) is 98.1 cm³/mol. The summed E-state index contributed by atoms with van der Waals surface area (Å²) in [5.74, 6) is 0.209. The fraction of sp³-hybridized carbons (Fsp3) is 0.167. The van der Waals surface area contributed by atoms with E-state index in [9.17, 15) is 18.0 Å². The molecule has 10 heteroatoms. The summed E-state index contributed by atoms with van der Waals surface area (Å²) in [6.45, 7) is 0.272. The third kappa shape index (κ3) is 3.29. The summed E-state index contributed by atoms with van der Waals surface area (Å²) in [5, 5.41) is 0.269. The minimum Gasteiger partial charge on any atom is -0.333 e. The number of imidazole rings is 2. The van der Waals surface area contributed by atoms with Crippen LogP contribution in [0.4, 0.5) is 13.2 Å². The lowest BCUT2D eigenvalue weighted by Crippen LogP contribution is -2.17. The van der Waals surface area contributed by atoms with Crippen LogP contribution >= 0.6 is 11.6 Å². The Morgan fingerprint density at radius 2 is 1.93 bits per heavy atom. The molecule has 0 fully saturated rings. The number of rotatable bonds is 3. The normalized spacial score (nSPS) is 12.0. The Morgan fingerprint density at radius 3 is 2.57 bits per heavy atom. The van der Waals surface area contributed by atoms with Crippen molar-refractivity contribution in [1.82, 2.24) is 24.1 Å². The number of halogens is 4. The predicted octanol–water partition coefficient (Wildman–Crippen LogP) is 3.85. The molecule has 0 aliphatic heterocycles. The zero-order valence-corrected chi connectivity index (χ0v) is 15.2. The molecule has 28 heavy (non-hydrogen) atoms. The molecule has 1 N–H and O–H groups in total. The maximum Gasteiger partial charge on any atom is 0.434 e. The molecular weight excluding hydrogens is 395 g/mol. The molecule has 0 aliphatic carbocycles. The Kier molecular flexibility index (Phi) is 4.26. The highest BCUT2D eigenvalue weighted by Crippen LogP contribution is 2.30. The van der Waals surface area contributed by atoms with Crippen molar-refractivity contribution >= 4 is 22.6 Å². The Labute approximate surface area is 161 Å². The molecule has 0 atom stereocenters. The molecule has 3 heterocycles. The lowest BCUT2D eigenvalue weighted by Gasteiger charge is -2.06. The zero-order chi connectivity index (χ0) is 20.1. The van der Waals surface area contributed by atoms with Gasteiger partial charge in [-0.05, 0) is 5.56 Å². The zero-order valence-electron chi connectivity index (χ0n) is 14.5. The molecule has 0 saturated carbocycles. The Bertz CT molecular complexity index is 1220. The van der Waals surface area contributed by atoms with Crippen molar-refractivity contribution in [1.29, 1.82) is 0 Å². The molecule has 0 radical (unpaired) electrons. The number of benzene rings is 1. The number of aromatic amines is 1. The Morgan fingerprint density at radius 1 is 1.21 bits per heavy atom. The van der Waals surface area contributed by atoms with Crippen LogP contribution in [0.2, 0.25) is 5.15 Å². The van der Waals surface area contributed by atoms with Gasteiger partial charge in [0.05, 0.1) is 23.8 Å². The summed E-state index contributed by atoms with van der Waals surface area (Å²) in [4.78, 5) is 22.5. The van der Waals surface area contributed by atoms with Crippen LogP contribution in [0.5, 0.6) is 0 Å². The van der Waals surface area contributed by atoms with Crippen LogP contribution in [-0.4, -0.2) is 24.1 Å². The van der Waals surface area contributed by atoms with Gasteiger partial charge in [0.15, 0.2) is 5.69 Å². The summed E-state index contributed by atoms with van der Waals surface area (Å²) >= 11 is 5.91. The number of alkyl halides is 3. The van der Waals surface area contributed by atoms with Crippen molar-refractivity contribution in [3.05, 3.63) is 69.6 Å². The second kappa shape index (κ2) is 6.52. The standard InChI is InChI=1S/C18H13ClF3N5O/c1-26-9-14(18(20,21)22)25-16(26)11-4-2-10(3-5-11)8-27-13-6-15(19)23-7-12(13)24-17(27)28/h2-7,9H,8H2,1H3,(H,24,28). The van der Waals surface area contributed by atoms with Gasteiger partial charge in [-0.3, -0.25) is 4.57 Å². The van der Waals surface area contributed by atoms with Crippen LogP contribution < -0.4 is 5.69 Å². The Balaban J connectivity index is 1.65. The molecule has 0 amide bonds. The molecule has 0 spiro atoms. The highest BCUT2D eigenvalue weighted by atomic mass is 35.5. The highest BCUT2D eigenvalue weighted by Gasteiger charge is 2.34. The minimum absolute atomic E-state index is 0.209. The molecule has 0 saturated heterocycles. The van der Waals surface area contributed by atoms with Crippen molar-refractivity contribution in [2.24, 2.45) is 7.05 Å². The number of aromatic nitrogens is 5. The molecule has 6 nitrogen and oxygen atoms in total. The number of fused-ring (bicyclic) bond motifs is 1. The number of hydrogen-bond donors (Lipinski definition) is 1. The summed E-state index contributed by atoms with van der Waals surface area (Å²) in [7, 11) is 1.51. The van der Waals surface area contributed by atoms with Crippen LogP contribution in [0.25, 0.3) is 22.4 Å². The first-order chi connectivity index (χ1) is 13.2. The topological polar surface area (TPSA) is 68.5 Å². The lowest BCUT2D eigenvalue weighted by atomic mass is 10.1. The molecule has 4 aromatic rings. The molecular formula is C18H13ClF3N5O. The first-order valence-electron chi connectivity index (χ1n) is 8.16. The number of aryl methyl sites for hydroxylation is 1. The highest BCUT2D eigenvalue weighted by molar-refractivity contribution is 6.29. The maximum absolute atomic E-state index is 12.8. The molecule has 0 unspecified atom stereocenters. The maximum atomic E-state index is 12.8. The van der Waals surface area contributed by atoms with E-state index in [1.165, 1.54) is 22.4 Å². The fourth-order valence-corrected chi connectivity index (χ4v) is 3.15. The first-order valence-corrected chi connectivity index (χ1v) is 8.54. The van der Waals surface area contributed by atoms with Crippen molar-refractivity contribution in [2.75, 3.05) is 0 Å². The summed E-state index contributed by atoms with van der Waals surface area (Å²) in [5.41, 5.74) is 1.28. The van der Waals surface area contributed by atoms with Crippen molar-refractivity contribution in [3.8, 4) is 11.4 Å². The van der Waals surface area contributed by atoms with Crippen molar-refractivity contribution < 1.29 is 13.2 Å². The van der Waals surface area contributed by atoms with Crippen LogP contribution in [0.3, 0.4) is 0 Å². The SMILES string of the molecule is Cn1cc(C(F)(F)F)nc1-c1ccc(Cn2c(=O)[nH]c3cnc(Cl)cc32)cc1. The second-order valence-electron chi connectivity index (χ2n) is 6.30. The molecule has 1 aromatic carbocycles. The van der Waals surface area contributed by atoms with Gasteiger partial charge < -0.3 is 9.55 Å². The minimum atomic E-state index is -4.50. The largest absolute Gasteiger partial charge is 0.434 e. The van der Waals surface area contributed by atoms with Gasteiger partial charge in [0.2, 0.25) is 0 Å². The van der Waals surface area contributed by atoms with E-state index in [0.717, 1.165) is 11.8 Å². The van der Waals surface area contributed by atoms with Gasteiger partial charge >= 0.3 is 11.9 Å². The number of nitrogens with zero attached hydrogens (tertiary/aromatic N) is 4. The Hall–Kier alpha value is -3.07. The van der Waals surface area contributed by atoms with E-state index in [4.69, 9.17) is 11.6 Å². The van der Waals surface area contributed by atoms with E-state index in [0.29, 0.717) is 16.6 Å². The van der Waals surface area contributed by atoms with Gasteiger partial charge in [-0.1, -0.05) is 35.9 Å². The van der Waals surface area contributed by atoms with E-state index in [1.54, 1.807) is 30.3 Å². The molecule has 3 aromatic heterocycles. The smallest absolute Gasteiger partial charge is 0.333 e. The van der Waals surface area contributed by atoms with Crippen molar-refractivity contribution in [2.45, 2.75) is 12.7 Å². The van der Waals surface area contributed by atoms with Gasteiger partial charge in [-0.15, -0.1) is 0 Å². The van der Waals surface area contributed by atoms with Gasteiger partial charge in [-0.25, -0.2) is 14.8 Å². The third-order valence-electron chi connectivity index (χ3n) is 4.35. The van der Waals surface area contributed by atoms with E-state index < -0.39 is 11.9 Å². The van der Waals surface area contributed by atoms with E-state index in [2.05, 4.69) is 15.0 Å². The summed E-state index contributed by atoms with van der Waals surface area (Å²) in [6.07, 6.45) is -2.06. The van der Waals surface area contributed by atoms with E-state index in [1.807, 2.05) is 0 Å². The summed E-state index contributed by atoms with van der Waals surface area (Å²) in [6, 6.07) is 8.42. The third-order valence-corrected chi connectivity index (χ3v) is 4.55. The fourth-order valence-electron chi connectivity index (χ4n) is 3.00. The quantitative estimate of drug-likeness (QED) is 0.524. The number of H-pyrrole nitrogens is 1. The van der Waals surface area contributed by atoms with Crippen LogP contribution in [-0.2, 0) is 19.8 Å². The molecule has 0 aliphatic rings. The monoisotopic (exact) mass is 407 g/mol. The van der Waals surface area contributed by atoms with E-state index in [-0.39, 0.29) is 23.2 Å². The van der Waals surface area contributed by atoms with Crippen LogP contribution in [0, 0.1) is 0 Å². The lowest BCUT2D eigenvalue weighted by molar-refractivity contribution is -0.140. The molecule has 144 valence electrons. The van der Waals surface area contributed by atoms with Crippen LogP contribution in [0.1, 0.15) is 11.3 Å². The number of hydrogen-bond acceptors (Lipinski definition) is 3. The van der Waals surface area contributed by atoms with Gasteiger partial charge in [0.1, 0.15) is 11.0 Å². The molecule has 4 rings (SSSR count). The number of nitrogens with one attached hydrogen (secondary N) is 1. The van der Waals surface area contributed by atoms with E-state index >= 15 is 0 Å². The van der Waals surface area contributed by atoms with Gasteiger partial charge in [-0.2, -0.15) is 13.2 Å².